The Kier molecular flexibility index (Phi) is 39.8. The molecule has 0 aliphatic carbocycles. The normalized spacial score (nSPS) is 20.9. The highest BCUT2D eigenvalue weighted by Crippen LogP contribution is 2.53. The third-order valence-corrected chi connectivity index (χ3v) is 36.5. The Morgan fingerprint density at radius 3 is 0.636 bits per heavy atom. The van der Waals surface area contributed by atoms with Crippen molar-refractivity contribution in [2.45, 2.75) is 222 Å². The maximum Gasteiger partial charge on any atom is 0.341 e. The van der Waals surface area contributed by atoms with Gasteiger partial charge in [-0.3, -0.25) is 0 Å². The standard InChI is InChI=1S/4C26H35NO6S2/c4*1-6-7-13-25(2)16-27(19-11-9-8-10-12-19)20-14-22(34-5)21(15-23(20)35(30,31)18-25)33-17-26(3,29)24(28)32-4/h4*8-12,14-15,29H,6-7,13,16-18H2,1-5H3/t2*25-,26+;2*25-,26-/m1010/s1. The van der Waals surface area contributed by atoms with E-state index in [1.54, 1.807) is 0 Å². The molecular weight excluding hydrogens is 1950 g/mol. The van der Waals surface area contributed by atoms with E-state index in [0.717, 1.165) is 99.8 Å². The number of carbonyl (C=O) groups excluding carboxylic acids is 4. The maximum absolute atomic E-state index is 13.7. The molecule has 4 aliphatic heterocycles. The van der Waals surface area contributed by atoms with Crippen LogP contribution in [0.4, 0.5) is 45.5 Å². The summed E-state index contributed by atoms with van der Waals surface area (Å²) >= 11 is 5.63. The number of rotatable bonds is 36. The van der Waals surface area contributed by atoms with E-state index in [1.807, 2.05) is 198 Å². The quantitative estimate of drug-likeness (QED) is 0.0161. The van der Waals surface area contributed by atoms with Gasteiger partial charge in [-0.25, -0.2) is 52.8 Å². The summed E-state index contributed by atoms with van der Waals surface area (Å²) in [4.78, 5) is 59.5. The second kappa shape index (κ2) is 48.6. The average molecular weight is 2090 g/mol. The van der Waals surface area contributed by atoms with Crippen molar-refractivity contribution in [1.29, 1.82) is 0 Å². The monoisotopic (exact) mass is 2080 g/mol. The number of esters is 4. The maximum atomic E-state index is 13.7. The number of para-hydroxylation sites is 4. The van der Waals surface area contributed by atoms with Crippen LogP contribution in [0.2, 0.25) is 0 Å². The van der Waals surface area contributed by atoms with E-state index in [1.165, 1.54) is 127 Å². The molecule has 12 rings (SSSR count). The minimum Gasteiger partial charge on any atom is -0.489 e. The van der Waals surface area contributed by atoms with E-state index in [0.29, 0.717) is 91.5 Å². The van der Waals surface area contributed by atoms with Crippen LogP contribution < -0.4 is 38.5 Å². The average Bonchev–Trinajstić information content (AvgIpc) is 1.60. The molecule has 0 saturated heterocycles. The van der Waals surface area contributed by atoms with Gasteiger partial charge < -0.3 is 77.9 Å². The summed E-state index contributed by atoms with van der Waals surface area (Å²) in [7, 11) is -9.91. The lowest BCUT2D eigenvalue weighted by Gasteiger charge is -2.34. The number of sulfone groups is 4. The number of methoxy groups -OCH3 is 4. The molecule has 28 nitrogen and oxygen atoms in total. The van der Waals surface area contributed by atoms with Gasteiger partial charge in [-0.1, -0.05) is 180 Å². The lowest BCUT2D eigenvalue weighted by Crippen LogP contribution is -2.42. The first-order valence-corrected chi connectivity index (χ1v) is 58.2. The van der Waals surface area contributed by atoms with E-state index in [4.69, 9.17) is 18.9 Å². The van der Waals surface area contributed by atoms with E-state index >= 15 is 0 Å². The first-order valence-electron chi connectivity index (χ1n) is 46.7. The summed E-state index contributed by atoms with van der Waals surface area (Å²) < 4.78 is 152. The second-order valence-electron chi connectivity index (χ2n) is 38.5. The van der Waals surface area contributed by atoms with Crippen LogP contribution in [0.25, 0.3) is 0 Å². The molecule has 0 fully saturated rings. The van der Waals surface area contributed by atoms with Crippen LogP contribution in [-0.2, 0) is 77.5 Å². The molecule has 0 aromatic heterocycles. The number of hydrogen-bond donors (Lipinski definition) is 4. The van der Waals surface area contributed by atoms with Gasteiger partial charge in [0.15, 0.2) is 61.8 Å². The van der Waals surface area contributed by atoms with Crippen LogP contribution in [0.15, 0.2) is 209 Å². The third-order valence-electron chi connectivity index (χ3n) is 25.1. The topological polar surface area (TPSA) is 373 Å². The van der Waals surface area contributed by atoms with Crippen molar-refractivity contribution in [3.8, 4) is 23.0 Å². The minimum absolute atomic E-state index is 0.0221. The number of carbonyl (C=O) groups is 4. The molecule has 0 amide bonds. The molecule has 36 heteroatoms. The lowest BCUT2D eigenvalue weighted by atomic mass is 9.86. The molecular formula is C104H140N4O24S8. The summed E-state index contributed by atoms with van der Waals surface area (Å²) in [6.45, 7) is 22.6. The van der Waals surface area contributed by atoms with Gasteiger partial charge in [-0.2, -0.15) is 0 Å². The molecule has 0 spiro atoms. The zero-order valence-electron chi connectivity index (χ0n) is 84.1. The van der Waals surface area contributed by atoms with Gasteiger partial charge in [0.2, 0.25) is 0 Å². The Bertz CT molecular complexity index is 5330. The van der Waals surface area contributed by atoms with Gasteiger partial charge >= 0.3 is 23.9 Å². The number of hydrogen-bond acceptors (Lipinski definition) is 32. The highest BCUT2D eigenvalue weighted by atomic mass is 32.2. The van der Waals surface area contributed by atoms with Crippen molar-refractivity contribution in [2.24, 2.45) is 21.7 Å². The van der Waals surface area contributed by atoms with Crippen LogP contribution in [-0.4, -0.2) is 229 Å². The predicted molar refractivity (Wildman–Crippen MR) is 558 cm³/mol. The third kappa shape index (κ3) is 28.8. The van der Waals surface area contributed by atoms with Crippen LogP contribution in [0.3, 0.4) is 0 Å². The fraction of sp³-hybridized carbons (Fsp3) is 0.500. The fourth-order valence-electron chi connectivity index (χ4n) is 17.6. The molecule has 0 saturated carbocycles. The van der Waals surface area contributed by atoms with E-state index in [2.05, 4.69) is 66.2 Å². The highest BCUT2D eigenvalue weighted by molar-refractivity contribution is 7.99. The zero-order valence-corrected chi connectivity index (χ0v) is 90.7. The van der Waals surface area contributed by atoms with Crippen molar-refractivity contribution in [2.75, 3.05) is 149 Å². The van der Waals surface area contributed by atoms with Gasteiger partial charge in [0.25, 0.3) is 0 Å². The number of fused-ring (bicyclic) bond motifs is 4. The Morgan fingerprint density at radius 2 is 0.486 bits per heavy atom. The summed E-state index contributed by atoms with van der Waals surface area (Å²) in [5, 5.41) is 41.6. The number of anilines is 8. The molecule has 8 aromatic carbocycles. The van der Waals surface area contributed by atoms with Gasteiger partial charge in [0.1, 0.15) is 49.4 Å². The smallest absolute Gasteiger partial charge is 0.341 e. The second-order valence-corrected chi connectivity index (χ2v) is 49.7. The minimum atomic E-state index is -3.66. The number of aliphatic hydroxyl groups is 4. The molecule has 4 heterocycles. The number of ether oxygens (including phenoxy) is 8. The fourth-order valence-corrected chi connectivity index (χ4v) is 28.1. The van der Waals surface area contributed by atoms with Crippen molar-refractivity contribution in [1.82, 2.24) is 0 Å². The summed E-state index contributed by atoms with van der Waals surface area (Å²) in [5.41, 5.74) is -3.17. The largest absolute Gasteiger partial charge is 0.489 e. The van der Waals surface area contributed by atoms with Crippen LogP contribution in [0.1, 0.15) is 160 Å². The van der Waals surface area contributed by atoms with Crippen molar-refractivity contribution >= 4 is 156 Å². The Morgan fingerprint density at radius 1 is 0.314 bits per heavy atom. The summed E-state index contributed by atoms with van der Waals surface area (Å²) in [5.74, 6) is -2.02. The molecule has 140 heavy (non-hydrogen) atoms. The summed E-state index contributed by atoms with van der Waals surface area (Å²) in [6.07, 6.45) is 18.4. The molecule has 0 unspecified atom stereocenters. The van der Waals surface area contributed by atoms with Gasteiger partial charge in [-0.15, -0.1) is 47.0 Å². The molecule has 8 atom stereocenters. The predicted octanol–water partition coefficient (Wildman–Crippen LogP) is 19.3. The molecule has 4 aliphatic rings. The van der Waals surface area contributed by atoms with Gasteiger partial charge in [0, 0.05) is 73.2 Å². The summed E-state index contributed by atoms with van der Waals surface area (Å²) in [6, 6.07) is 52.6. The number of benzene rings is 8. The van der Waals surface area contributed by atoms with E-state index in [-0.39, 0.29) is 69.0 Å². The SMILES string of the molecule is CCCC[C@@]1(C)CN(c2ccccc2)c2cc(SC)c(OC[C@@](C)(O)C(=O)OC)cc2S(=O)(=O)C1.CCCC[C@@]1(C)CN(c2ccccc2)c2cc(SC)c(OC[C@](C)(O)C(=O)OC)cc2S(=O)(=O)C1.CCCC[C@]1(C)CN(c2ccccc2)c2cc(SC)c(OC[C@@](C)(O)C(=O)OC)cc2S(=O)(=O)C1.CCCC[C@]1(C)CN(c2ccccc2)c2cc(SC)c(OC[C@](C)(O)C(=O)OC)cc2S(=O)(=O)C1. The molecule has 4 N–H and O–H groups in total. The number of unbranched alkanes of at least 4 members (excludes halogenated alkanes) is 4. The molecule has 768 valence electrons. The Balaban J connectivity index is 0.000000209. The molecule has 8 aromatic rings. The lowest BCUT2D eigenvalue weighted by molar-refractivity contribution is -0.163. The van der Waals surface area contributed by atoms with Crippen LogP contribution in [0, 0.1) is 21.7 Å². The first-order chi connectivity index (χ1) is 65.8. The highest BCUT2D eigenvalue weighted by Gasteiger charge is 2.47. The Labute approximate surface area is 845 Å². The first kappa shape index (κ1) is 115. The number of nitrogens with zero attached hydrogens (tertiary/aromatic N) is 4. The van der Waals surface area contributed by atoms with Gasteiger partial charge in [0.05, 0.1) is 113 Å². The van der Waals surface area contributed by atoms with Crippen molar-refractivity contribution in [3.05, 3.63) is 170 Å². The van der Waals surface area contributed by atoms with E-state index < -0.39 is 107 Å². The van der Waals surface area contributed by atoms with Crippen LogP contribution in [0.5, 0.6) is 23.0 Å². The number of thioether (sulfide) groups is 4. The zero-order chi connectivity index (χ0) is 103. The van der Waals surface area contributed by atoms with Crippen molar-refractivity contribution in [3.63, 3.8) is 0 Å². The Hall–Kier alpha value is -8.92. The van der Waals surface area contributed by atoms with Crippen molar-refractivity contribution < 1.29 is 111 Å². The molecule has 0 bridgehead atoms. The van der Waals surface area contributed by atoms with E-state index in [9.17, 15) is 73.3 Å². The molecule has 0 radical (unpaired) electrons. The van der Waals surface area contributed by atoms with Crippen LogP contribution >= 0.6 is 47.0 Å². The van der Waals surface area contributed by atoms with Gasteiger partial charge in [-0.05, 0) is 173 Å².